The molecule has 0 radical (unpaired) electrons. The maximum Gasteiger partial charge on any atom is 0.134 e. The third kappa shape index (κ3) is 1.81. The normalized spacial score (nSPS) is 34.0. The SMILES string of the molecule is CC1(C)C2CCC1(C)C(Oc1ccc(C#N)cc1Br)C2. The monoisotopic (exact) mass is 333 g/mol. The van der Waals surface area contributed by atoms with Crippen LogP contribution in [0.5, 0.6) is 5.75 Å². The first-order valence-electron chi connectivity index (χ1n) is 7.25. The number of benzene rings is 1. The van der Waals surface area contributed by atoms with E-state index in [1.165, 1.54) is 12.8 Å². The van der Waals surface area contributed by atoms with Crippen molar-refractivity contribution in [2.45, 2.75) is 46.1 Å². The molecule has 0 N–H and O–H groups in total. The molecule has 0 aromatic heterocycles. The van der Waals surface area contributed by atoms with E-state index in [1.807, 2.05) is 18.2 Å². The highest BCUT2D eigenvalue weighted by Crippen LogP contribution is 2.66. The first kappa shape index (κ1) is 13.9. The summed E-state index contributed by atoms with van der Waals surface area (Å²) < 4.78 is 7.20. The average Bonchev–Trinajstić information content (AvgIpc) is 2.74. The zero-order valence-electron chi connectivity index (χ0n) is 12.2. The largest absolute Gasteiger partial charge is 0.489 e. The van der Waals surface area contributed by atoms with Gasteiger partial charge in [0.2, 0.25) is 0 Å². The standard InChI is InChI=1S/C17H20BrNO/c1-16(2)12-6-7-17(16,3)15(9-12)20-14-5-4-11(10-19)8-13(14)18/h4-5,8,12,15H,6-7,9H2,1-3H3. The highest BCUT2D eigenvalue weighted by molar-refractivity contribution is 9.10. The molecule has 3 heteroatoms. The molecule has 0 spiro atoms. The minimum Gasteiger partial charge on any atom is -0.489 e. The molecular formula is C17H20BrNO. The number of hydrogen-bond acceptors (Lipinski definition) is 2. The third-order valence-corrected chi connectivity index (χ3v) is 6.66. The summed E-state index contributed by atoms with van der Waals surface area (Å²) in [5, 5.41) is 8.92. The lowest BCUT2D eigenvalue weighted by Crippen LogP contribution is -2.38. The molecule has 0 saturated heterocycles. The summed E-state index contributed by atoms with van der Waals surface area (Å²) in [5.74, 6) is 1.63. The topological polar surface area (TPSA) is 33.0 Å². The molecule has 2 aliphatic rings. The van der Waals surface area contributed by atoms with E-state index in [-0.39, 0.29) is 11.5 Å². The van der Waals surface area contributed by atoms with E-state index in [1.54, 1.807) is 0 Å². The van der Waals surface area contributed by atoms with E-state index in [2.05, 4.69) is 42.8 Å². The van der Waals surface area contributed by atoms with Crippen LogP contribution in [-0.4, -0.2) is 6.10 Å². The molecule has 0 heterocycles. The number of hydrogen-bond donors (Lipinski definition) is 0. The summed E-state index contributed by atoms with van der Waals surface area (Å²) in [6.45, 7) is 7.16. The number of halogens is 1. The Kier molecular flexibility index (Phi) is 3.14. The number of rotatable bonds is 2. The van der Waals surface area contributed by atoms with Crippen LogP contribution in [0.4, 0.5) is 0 Å². The Morgan fingerprint density at radius 1 is 1.35 bits per heavy atom. The van der Waals surface area contributed by atoms with Crippen molar-refractivity contribution in [3.05, 3.63) is 28.2 Å². The van der Waals surface area contributed by atoms with E-state index >= 15 is 0 Å². The van der Waals surface area contributed by atoms with Gasteiger partial charge in [-0.2, -0.15) is 5.26 Å². The smallest absolute Gasteiger partial charge is 0.134 e. The lowest BCUT2D eigenvalue weighted by Gasteiger charge is -2.39. The molecule has 2 bridgehead atoms. The van der Waals surface area contributed by atoms with Crippen LogP contribution in [0, 0.1) is 28.1 Å². The Morgan fingerprint density at radius 3 is 2.60 bits per heavy atom. The molecule has 106 valence electrons. The minimum absolute atomic E-state index is 0.255. The van der Waals surface area contributed by atoms with Crippen LogP contribution in [0.1, 0.15) is 45.6 Å². The van der Waals surface area contributed by atoms with Crippen molar-refractivity contribution >= 4 is 15.9 Å². The van der Waals surface area contributed by atoms with Crippen LogP contribution in [-0.2, 0) is 0 Å². The highest BCUT2D eigenvalue weighted by Gasteiger charge is 2.62. The van der Waals surface area contributed by atoms with E-state index in [0.29, 0.717) is 11.0 Å². The van der Waals surface area contributed by atoms with Gasteiger partial charge in [0, 0.05) is 5.41 Å². The van der Waals surface area contributed by atoms with Crippen molar-refractivity contribution in [3.8, 4) is 11.8 Å². The van der Waals surface area contributed by atoms with Crippen molar-refractivity contribution in [1.82, 2.24) is 0 Å². The van der Waals surface area contributed by atoms with Gasteiger partial charge in [-0.3, -0.25) is 0 Å². The predicted octanol–water partition coefficient (Wildman–Crippen LogP) is 4.91. The van der Waals surface area contributed by atoms with Crippen LogP contribution < -0.4 is 4.74 Å². The molecule has 3 unspecified atom stereocenters. The van der Waals surface area contributed by atoms with Crippen LogP contribution in [0.3, 0.4) is 0 Å². The lowest BCUT2D eigenvalue weighted by molar-refractivity contribution is 0.0297. The zero-order chi connectivity index (χ0) is 14.5. The van der Waals surface area contributed by atoms with Gasteiger partial charge in [0.05, 0.1) is 16.1 Å². The molecule has 2 saturated carbocycles. The molecule has 2 fully saturated rings. The molecule has 2 nitrogen and oxygen atoms in total. The second-order valence-corrected chi connectivity index (χ2v) is 7.83. The second kappa shape index (κ2) is 4.49. The maximum atomic E-state index is 8.92. The Hall–Kier alpha value is -1.01. The molecule has 0 aliphatic heterocycles. The van der Waals surface area contributed by atoms with E-state index in [0.717, 1.165) is 22.6 Å². The third-order valence-electron chi connectivity index (χ3n) is 6.04. The number of fused-ring (bicyclic) bond motifs is 2. The summed E-state index contributed by atoms with van der Waals surface area (Å²) in [4.78, 5) is 0. The van der Waals surface area contributed by atoms with Crippen molar-refractivity contribution in [3.63, 3.8) is 0 Å². The van der Waals surface area contributed by atoms with Gasteiger partial charge < -0.3 is 4.74 Å². The highest BCUT2D eigenvalue weighted by atomic mass is 79.9. The fourth-order valence-corrected chi connectivity index (χ4v) is 4.60. The molecule has 1 aromatic rings. The van der Waals surface area contributed by atoms with Gasteiger partial charge in [0.15, 0.2) is 0 Å². The molecule has 2 aliphatic carbocycles. The first-order chi connectivity index (χ1) is 9.38. The fraction of sp³-hybridized carbons (Fsp3) is 0.588. The summed E-state index contributed by atoms with van der Waals surface area (Å²) in [6, 6.07) is 7.71. The Balaban J connectivity index is 1.85. The van der Waals surface area contributed by atoms with Gasteiger partial charge in [0.1, 0.15) is 11.9 Å². The fourth-order valence-electron chi connectivity index (χ4n) is 4.13. The van der Waals surface area contributed by atoms with E-state index in [9.17, 15) is 0 Å². The summed E-state index contributed by atoms with van der Waals surface area (Å²) in [5.41, 5.74) is 1.27. The van der Waals surface area contributed by atoms with Crippen molar-refractivity contribution in [2.75, 3.05) is 0 Å². The zero-order valence-corrected chi connectivity index (χ0v) is 13.8. The van der Waals surface area contributed by atoms with Crippen LogP contribution in [0.15, 0.2) is 22.7 Å². The van der Waals surface area contributed by atoms with Gasteiger partial charge in [0.25, 0.3) is 0 Å². The maximum absolute atomic E-state index is 8.92. The van der Waals surface area contributed by atoms with Crippen molar-refractivity contribution < 1.29 is 4.74 Å². The Bertz CT molecular complexity index is 589. The van der Waals surface area contributed by atoms with Crippen LogP contribution >= 0.6 is 15.9 Å². The average molecular weight is 334 g/mol. The predicted molar refractivity (Wildman–Crippen MR) is 82.5 cm³/mol. The molecule has 3 rings (SSSR count). The quantitative estimate of drug-likeness (QED) is 0.769. The summed E-state index contributed by atoms with van der Waals surface area (Å²) in [6.07, 6.45) is 4.01. The van der Waals surface area contributed by atoms with Gasteiger partial charge in [-0.25, -0.2) is 0 Å². The summed E-state index contributed by atoms with van der Waals surface area (Å²) >= 11 is 3.52. The van der Waals surface area contributed by atoms with E-state index in [4.69, 9.17) is 10.00 Å². The second-order valence-electron chi connectivity index (χ2n) is 6.97. The van der Waals surface area contributed by atoms with Gasteiger partial charge >= 0.3 is 0 Å². The minimum atomic E-state index is 0.255. The first-order valence-corrected chi connectivity index (χ1v) is 8.04. The Morgan fingerprint density at radius 2 is 2.10 bits per heavy atom. The van der Waals surface area contributed by atoms with Crippen LogP contribution in [0.2, 0.25) is 0 Å². The van der Waals surface area contributed by atoms with Crippen molar-refractivity contribution in [2.24, 2.45) is 16.7 Å². The van der Waals surface area contributed by atoms with E-state index < -0.39 is 0 Å². The molecular weight excluding hydrogens is 314 g/mol. The van der Waals surface area contributed by atoms with Crippen LogP contribution in [0.25, 0.3) is 0 Å². The van der Waals surface area contributed by atoms with Gasteiger partial charge in [-0.05, 0) is 64.7 Å². The molecule has 3 atom stereocenters. The van der Waals surface area contributed by atoms with Crippen molar-refractivity contribution in [1.29, 1.82) is 5.26 Å². The lowest BCUT2D eigenvalue weighted by atomic mass is 9.70. The molecule has 20 heavy (non-hydrogen) atoms. The number of ether oxygens (including phenoxy) is 1. The summed E-state index contributed by atoms with van der Waals surface area (Å²) in [7, 11) is 0. The number of nitrogens with zero attached hydrogens (tertiary/aromatic N) is 1. The number of nitriles is 1. The van der Waals surface area contributed by atoms with Gasteiger partial charge in [-0.1, -0.05) is 20.8 Å². The molecule has 0 amide bonds. The Labute approximate surface area is 129 Å². The van der Waals surface area contributed by atoms with Gasteiger partial charge in [-0.15, -0.1) is 0 Å². The molecule has 1 aromatic carbocycles.